The van der Waals surface area contributed by atoms with Crippen LogP contribution in [-0.2, 0) is 6.54 Å². The molecule has 11 nitrogen and oxygen atoms in total. The van der Waals surface area contributed by atoms with Gasteiger partial charge in [0.25, 0.3) is 5.91 Å². The number of tetrazole rings is 1. The fourth-order valence-corrected chi connectivity index (χ4v) is 2.37. The zero-order chi connectivity index (χ0) is 17.1. The molecule has 0 radical (unpaired) electrons. The molecule has 1 amide bonds. The highest BCUT2D eigenvalue weighted by Gasteiger charge is 2.16. The van der Waals surface area contributed by atoms with Crippen LogP contribution in [0.15, 0.2) is 49.4 Å². The van der Waals surface area contributed by atoms with Gasteiger partial charge in [-0.2, -0.15) is 14.9 Å². The SMILES string of the molecule is O=C(NCc1ccccc1-n1cncn1)c1cn[nH]c1-n1cnnn1. The minimum atomic E-state index is -0.298. The maximum Gasteiger partial charge on any atom is 0.257 e. The summed E-state index contributed by atoms with van der Waals surface area (Å²) in [7, 11) is 0. The Hall–Kier alpha value is -3.89. The minimum absolute atomic E-state index is 0.298. The van der Waals surface area contributed by atoms with Gasteiger partial charge in [-0.3, -0.25) is 9.89 Å². The largest absolute Gasteiger partial charge is 0.348 e. The third-order valence-electron chi connectivity index (χ3n) is 3.54. The monoisotopic (exact) mass is 336 g/mol. The lowest BCUT2D eigenvalue weighted by Gasteiger charge is -2.10. The molecule has 4 rings (SSSR count). The Morgan fingerprint density at radius 3 is 2.92 bits per heavy atom. The molecule has 0 aliphatic carbocycles. The topological polar surface area (TPSA) is 132 Å². The summed E-state index contributed by atoms with van der Waals surface area (Å²) in [5, 5.41) is 24.4. The molecule has 0 saturated heterocycles. The lowest BCUT2D eigenvalue weighted by atomic mass is 10.1. The van der Waals surface area contributed by atoms with Crippen LogP contribution in [0.1, 0.15) is 15.9 Å². The van der Waals surface area contributed by atoms with E-state index >= 15 is 0 Å². The van der Waals surface area contributed by atoms with Gasteiger partial charge in [0, 0.05) is 6.54 Å². The normalized spacial score (nSPS) is 10.7. The summed E-state index contributed by atoms with van der Waals surface area (Å²) in [6.45, 7) is 0.315. The summed E-state index contributed by atoms with van der Waals surface area (Å²) in [5.41, 5.74) is 2.08. The third kappa shape index (κ3) is 2.85. The van der Waals surface area contributed by atoms with E-state index in [9.17, 15) is 4.79 Å². The molecule has 0 unspecified atom stereocenters. The van der Waals surface area contributed by atoms with Gasteiger partial charge >= 0.3 is 0 Å². The predicted molar refractivity (Wildman–Crippen MR) is 83.8 cm³/mol. The number of aromatic nitrogens is 9. The van der Waals surface area contributed by atoms with Crippen LogP contribution in [0, 0.1) is 0 Å². The maximum absolute atomic E-state index is 12.5. The van der Waals surface area contributed by atoms with Crippen molar-refractivity contribution in [2.24, 2.45) is 0 Å². The summed E-state index contributed by atoms with van der Waals surface area (Å²) in [5.74, 6) is 0.0969. The van der Waals surface area contributed by atoms with Gasteiger partial charge in [-0.25, -0.2) is 9.67 Å². The van der Waals surface area contributed by atoms with Crippen molar-refractivity contribution in [3.63, 3.8) is 0 Å². The summed E-state index contributed by atoms with van der Waals surface area (Å²) in [6.07, 6.45) is 5.87. The number of hydrogen-bond acceptors (Lipinski definition) is 7. The smallest absolute Gasteiger partial charge is 0.257 e. The van der Waals surface area contributed by atoms with Gasteiger partial charge in [0.05, 0.1) is 11.9 Å². The number of amides is 1. The molecule has 0 fully saturated rings. The van der Waals surface area contributed by atoms with Crippen LogP contribution in [-0.4, -0.2) is 51.1 Å². The van der Waals surface area contributed by atoms with Crippen molar-refractivity contribution < 1.29 is 4.79 Å². The summed E-state index contributed by atoms with van der Waals surface area (Å²) in [6, 6.07) is 7.61. The number of hydrogen-bond donors (Lipinski definition) is 2. The summed E-state index contributed by atoms with van der Waals surface area (Å²) < 4.78 is 2.98. The number of nitrogens with one attached hydrogen (secondary N) is 2. The van der Waals surface area contributed by atoms with Gasteiger partial charge in [0.1, 0.15) is 24.5 Å². The number of carbonyl (C=O) groups excluding carboxylic acids is 1. The van der Waals surface area contributed by atoms with Crippen molar-refractivity contribution in [1.82, 2.24) is 50.5 Å². The van der Waals surface area contributed by atoms with E-state index < -0.39 is 0 Å². The zero-order valence-electron chi connectivity index (χ0n) is 12.8. The molecule has 1 aromatic carbocycles. The second-order valence-electron chi connectivity index (χ2n) is 5.04. The Bertz CT molecular complexity index is 973. The molecule has 0 bridgehead atoms. The van der Waals surface area contributed by atoms with Crippen molar-refractivity contribution in [2.45, 2.75) is 6.54 Å². The molecular formula is C14H12N10O. The Morgan fingerprint density at radius 1 is 1.20 bits per heavy atom. The molecule has 11 heteroatoms. The lowest BCUT2D eigenvalue weighted by Crippen LogP contribution is -2.24. The van der Waals surface area contributed by atoms with Crippen molar-refractivity contribution in [1.29, 1.82) is 0 Å². The second kappa shape index (κ2) is 6.31. The molecule has 3 aromatic heterocycles. The molecule has 3 heterocycles. The molecule has 124 valence electrons. The molecule has 0 spiro atoms. The maximum atomic E-state index is 12.5. The van der Waals surface area contributed by atoms with E-state index in [1.165, 1.54) is 23.5 Å². The quantitative estimate of drug-likeness (QED) is 0.520. The Kier molecular flexibility index (Phi) is 3.71. The highest BCUT2D eigenvalue weighted by molar-refractivity contribution is 5.96. The van der Waals surface area contributed by atoms with E-state index in [2.05, 4.69) is 41.1 Å². The molecule has 2 N–H and O–H groups in total. The molecule has 0 saturated carbocycles. The molecule has 0 aliphatic rings. The second-order valence-corrected chi connectivity index (χ2v) is 5.04. The van der Waals surface area contributed by atoms with Crippen molar-refractivity contribution in [2.75, 3.05) is 0 Å². The number of rotatable bonds is 5. The van der Waals surface area contributed by atoms with Crippen LogP contribution in [0.3, 0.4) is 0 Å². The Morgan fingerprint density at radius 2 is 2.12 bits per heavy atom. The molecule has 0 aliphatic heterocycles. The number of H-pyrrole nitrogens is 1. The van der Waals surface area contributed by atoms with Crippen molar-refractivity contribution in [3.05, 3.63) is 60.6 Å². The molecule has 4 aromatic rings. The fraction of sp³-hybridized carbons (Fsp3) is 0.0714. The van der Waals surface area contributed by atoms with Gasteiger partial charge in [-0.1, -0.05) is 18.2 Å². The van der Waals surface area contributed by atoms with Crippen LogP contribution >= 0.6 is 0 Å². The van der Waals surface area contributed by atoms with E-state index in [1.807, 2.05) is 24.3 Å². The Balaban J connectivity index is 1.54. The van der Waals surface area contributed by atoms with Gasteiger partial charge < -0.3 is 5.32 Å². The van der Waals surface area contributed by atoms with Crippen LogP contribution in [0.4, 0.5) is 0 Å². The first-order valence-electron chi connectivity index (χ1n) is 7.31. The first kappa shape index (κ1) is 14.7. The van der Waals surface area contributed by atoms with E-state index in [0.29, 0.717) is 17.9 Å². The van der Waals surface area contributed by atoms with Crippen molar-refractivity contribution in [3.8, 4) is 11.5 Å². The number of aromatic amines is 1. The molecular weight excluding hydrogens is 324 g/mol. The number of para-hydroxylation sites is 1. The predicted octanol–water partition coefficient (Wildman–Crippen LogP) is -0.104. The average molecular weight is 336 g/mol. The zero-order valence-corrected chi connectivity index (χ0v) is 12.8. The van der Waals surface area contributed by atoms with Crippen LogP contribution < -0.4 is 5.32 Å². The summed E-state index contributed by atoms with van der Waals surface area (Å²) in [4.78, 5) is 16.5. The average Bonchev–Trinajstić information content (AvgIpc) is 3.41. The number of benzene rings is 1. The third-order valence-corrected chi connectivity index (χ3v) is 3.54. The Labute approximate surface area is 140 Å². The van der Waals surface area contributed by atoms with Crippen molar-refractivity contribution >= 4 is 5.91 Å². The van der Waals surface area contributed by atoms with Crippen LogP contribution in [0.2, 0.25) is 0 Å². The first-order chi connectivity index (χ1) is 12.3. The van der Waals surface area contributed by atoms with E-state index in [-0.39, 0.29) is 5.91 Å². The number of nitrogens with zero attached hydrogens (tertiary/aromatic N) is 8. The highest BCUT2D eigenvalue weighted by Crippen LogP contribution is 2.14. The minimum Gasteiger partial charge on any atom is -0.348 e. The van der Waals surface area contributed by atoms with Gasteiger partial charge in [0.2, 0.25) is 0 Å². The summed E-state index contributed by atoms with van der Waals surface area (Å²) >= 11 is 0. The number of carbonyl (C=O) groups is 1. The van der Waals surface area contributed by atoms with E-state index in [4.69, 9.17) is 0 Å². The first-order valence-corrected chi connectivity index (χ1v) is 7.31. The molecule has 0 atom stereocenters. The highest BCUT2D eigenvalue weighted by atomic mass is 16.1. The van der Waals surface area contributed by atoms with Gasteiger partial charge in [0.15, 0.2) is 5.82 Å². The van der Waals surface area contributed by atoms with E-state index in [0.717, 1.165) is 11.3 Å². The van der Waals surface area contributed by atoms with Gasteiger partial charge in [-0.05, 0) is 22.1 Å². The standard InChI is InChI=1S/C14H12N10O/c25-14(11-6-17-20-13(11)24-9-18-21-22-24)16-5-10-3-1-2-4-12(10)23-8-15-7-19-23/h1-4,6-9H,5H2,(H,16,25)(H,17,20). The van der Waals surface area contributed by atoms with Crippen LogP contribution in [0.25, 0.3) is 11.5 Å². The fourth-order valence-electron chi connectivity index (χ4n) is 2.37. The molecule has 25 heavy (non-hydrogen) atoms. The van der Waals surface area contributed by atoms with Crippen LogP contribution in [0.5, 0.6) is 0 Å². The van der Waals surface area contributed by atoms with Gasteiger partial charge in [-0.15, -0.1) is 5.10 Å². The lowest BCUT2D eigenvalue weighted by molar-refractivity contribution is 0.0951. The van der Waals surface area contributed by atoms with E-state index in [1.54, 1.807) is 11.0 Å².